The molecule has 2 heteroatoms. The average Bonchev–Trinajstić information content (AvgIpc) is 1.88. The van der Waals surface area contributed by atoms with Gasteiger partial charge in [-0.3, -0.25) is 0 Å². The molecular formula is C8H4FI. The Labute approximate surface area is 72.6 Å². The van der Waals surface area contributed by atoms with Gasteiger partial charge in [-0.1, -0.05) is 5.92 Å². The molecule has 0 aliphatic rings. The van der Waals surface area contributed by atoms with Crippen molar-refractivity contribution in [3.05, 3.63) is 33.1 Å². The van der Waals surface area contributed by atoms with Crippen LogP contribution in [0.25, 0.3) is 0 Å². The third kappa shape index (κ3) is 1.48. The van der Waals surface area contributed by atoms with Crippen molar-refractivity contribution in [3.63, 3.8) is 0 Å². The summed E-state index contributed by atoms with van der Waals surface area (Å²) >= 11 is 2.03. The number of terminal acetylenes is 1. The molecule has 0 saturated carbocycles. The van der Waals surface area contributed by atoms with Gasteiger partial charge in [0.2, 0.25) is 0 Å². The highest BCUT2D eigenvalue weighted by Gasteiger charge is 1.97. The van der Waals surface area contributed by atoms with Crippen molar-refractivity contribution >= 4 is 22.6 Å². The molecule has 10 heavy (non-hydrogen) atoms. The first-order chi connectivity index (χ1) is 4.74. The lowest BCUT2D eigenvalue weighted by atomic mass is 10.2. The quantitative estimate of drug-likeness (QED) is 0.487. The summed E-state index contributed by atoms with van der Waals surface area (Å²) in [6, 6.07) is 4.78. The molecule has 0 amide bonds. The average molecular weight is 246 g/mol. The molecule has 0 heterocycles. The predicted octanol–water partition coefficient (Wildman–Crippen LogP) is 2.41. The maximum absolute atomic E-state index is 12.7. The van der Waals surface area contributed by atoms with Crippen LogP contribution in [0.15, 0.2) is 18.2 Å². The second-order valence-electron chi connectivity index (χ2n) is 1.77. The Balaban J connectivity index is 3.23. The number of benzene rings is 1. The van der Waals surface area contributed by atoms with Crippen LogP contribution in [0.5, 0.6) is 0 Å². The molecule has 0 N–H and O–H groups in total. The fraction of sp³-hybridized carbons (Fsp3) is 0. The molecule has 0 bridgehead atoms. The zero-order valence-corrected chi connectivity index (χ0v) is 7.22. The van der Waals surface area contributed by atoms with E-state index in [1.54, 1.807) is 12.1 Å². The van der Waals surface area contributed by atoms with Crippen LogP contribution < -0.4 is 0 Å². The smallest absolute Gasteiger partial charge is 0.139 e. The van der Waals surface area contributed by atoms with Gasteiger partial charge in [-0.2, -0.15) is 0 Å². The topological polar surface area (TPSA) is 0 Å². The van der Waals surface area contributed by atoms with Crippen LogP contribution in [0, 0.1) is 21.7 Å². The minimum Gasteiger partial charge on any atom is -0.206 e. The van der Waals surface area contributed by atoms with Crippen LogP contribution in [0.3, 0.4) is 0 Å². The molecule has 1 aromatic rings. The van der Waals surface area contributed by atoms with Crippen LogP contribution >= 0.6 is 22.6 Å². The predicted molar refractivity (Wildman–Crippen MR) is 47.1 cm³/mol. The molecular weight excluding hydrogens is 242 g/mol. The van der Waals surface area contributed by atoms with Gasteiger partial charge in [-0.05, 0) is 40.8 Å². The second kappa shape index (κ2) is 3.02. The minimum atomic E-state index is -0.325. The Kier molecular flexibility index (Phi) is 2.28. The summed E-state index contributed by atoms with van der Waals surface area (Å²) < 4.78 is 13.6. The molecule has 0 aromatic heterocycles. The first kappa shape index (κ1) is 7.55. The van der Waals surface area contributed by atoms with Crippen LogP contribution in [0.2, 0.25) is 0 Å². The van der Waals surface area contributed by atoms with Gasteiger partial charge in [0.25, 0.3) is 0 Å². The van der Waals surface area contributed by atoms with E-state index in [0.29, 0.717) is 5.56 Å². The highest BCUT2D eigenvalue weighted by Crippen LogP contribution is 2.10. The van der Waals surface area contributed by atoms with Gasteiger partial charge in [-0.15, -0.1) is 6.42 Å². The van der Waals surface area contributed by atoms with Crippen molar-refractivity contribution in [1.82, 2.24) is 0 Å². The highest BCUT2D eigenvalue weighted by atomic mass is 127. The Morgan fingerprint density at radius 3 is 2.70 bits per heavy atom. The summed E-state index contributed by atoms with van der Waals surface area (Å²) in [5.74, 6) is 1.92. The summed E-state index contributed by atoms with van der Waals surface area (Å²) in [7, 11) is 0. The summed E-state index contributed by atoms with van der Waals surface area (Å²) in [6.07, 6.45) is 5.01. The van der Waals surface area contributed by atoms with Crippen molar-refractivity contribution in [2.75, 3.05) is 0 Å². The van der Waals surface area contributed by atoms with Crippen molar-refractivity contribution in [3.8, 4) is 12.3 Å². The SMILES string of the molecule is C#Cc1ccc(I)cc1F. The van der Waals surface area contributed by atoms with E-state index in [0.717, 1.165) is 3.57 Å². The maximum atomic E-state index is 12.7. The zero-order chi connectivity index (χ0) is 7.56. The number of halogens is 2. The third-order valence-corrected chi connectivity index (χ3v) is 1.76. The van der Waals surface area contributed by atoms with Crippen LogP contribution in [0.4, 0.5) is 4.39 Å². The van der Waals surface area contributed by atoms with E-state index in [1.165, 1.54) is 6.07 Å². The Morgan fingerprint density at radius 1 is 1.50 bits per heavy atom. The summed E-state index contributed by atoms with van der Waals surface area (Å²) in [5, 5.41) is 0. The molecule has 50 valence electrons. The monoisotopic (exact) mass is 246 g/mol. The number of hydrogen-bond acceptors (Lipinski definition) is 0. The van der Waals surface area contributed by atoms with Gasteiger partial charge in [0, 0.05) is 3.57 Å². The van der Waals surface area contributed by atoms with E-state index < -0.39 is 0 Å². The van der Waals surface area contributed by atoms with Gasteiger partial charge < -0.3 is 0 Å². The largest absolute Gasteiger partial charge is 0.206 e. The van der Waals surface area contributed by atoms with E-state index in [-0.39, 0.29) is 5.82 Å². The maximum Gasteiger partial charge on any atom is 0.139 e. The lowest BCUT2D eigenvalue weighted by Gasteiger charge is -1.93. The highest BCUT2D eigenvalue weighted by molar-refractivity contribution is 14.1. The van der Waals surface area contributed by atoms with Gasteiger partial charge in [0.05, 0.1) is 5.56 Å². The van der Waals surface area contributed by atoms with Gasteiger partial charge in [0.1, 0.15) is 5.82 Å². The van der Waals surface area contributed by atoms with E-state index >= 15 is 0 Å². The fourth-order valence-electron chi connectivity index (χ4n) is 0.607. The molecule has 0 nitrogen and oxygen atoms in total. The van der Waals surface area contributed by atoms with Crippen molar-refractivity contribution in [2.45, 2.75) is 0 Å². The van der Waals surface area contributed by atoms with Crippen molar-refractivity contribution in [1.29, 1.82) is 0 Å². The number of rotatable bonds is 0. The summed E-state index contributed by atoms with van der Waals surface area (Å²) in [6.45, 7) is 0. The van der Waals surface area contributed by atoms with Crippen molar-refractivity contribution in [2.24, 2.45) is 0 Å². The van der Waals surface area contributed by atoms with Crippen molar-refractivity contribution < 1.29 is 4.39 Å². The molecule has 0 atom stereocenters. The van der Waals surface area contributed by atoms with Crippen LogP contribution in [-0.4, -0.2) is 0 Å². The summed E-state index contributed by atoms with van der Waals surface area (Å²) in [4.78, 5) is 0. The second-order valence-corrected chi connectivity index (χ2v) is 3.01. The third-order valence-electron chi connectivity index (χ3n) is 1.09. The normalized spacial score (nSPS) is 8.90. The molecule has 0 spiro atoms. The van der Waals surface area contributed by atoms with Gasteiger partial charge in [0.15, 0.2) is 0 Å². The summed E-state index contributed by atoms with van der Waals surface area (Å²) in [5.41, 5.74) is 0.320. The Bertz CT molecular complexity index is 286. The molecule has 0 aliphatic carbocycles. The lowest BCUT2D eigenvalue weighted by Crippen LogP contribution is -1.82. The number of hydrogen-bond donors (Lipinski definition) is 0. The fourth-order valence-corrected chi connectivity index (χ4v) is 1.06. The minimum absolute atomic E-state index is 0.320. The molecule has 1 rings (SSSR count). The van der Waals surface area contributed by atoms with E-state index in [2.05, 4.69) is 5.92 Å². The van der Waals surface area contributed by atoms with E-state index in [1.807, 2.05) is 22.6 Å². The van der Waals surface area contributed by atoms with Crippen LogP contribution in [-0.2, 0) is 0 Å². The first-order valence-electron chi connectivity index (χ1n) is 2.65. The zero-order valence-electron chi connectivity index (χ0n) is 5.07. The lowest BCUT2D eigenvalue weighted by molar-refractivity contribution is 0.623. The Hall–Kier alpha value is -0.560. The van der Waals surface area contributed by atoms with E-state index in [9.17, 15) is 4.39 Å². The van der Waals surface area contributed by atoms with E-state index in [4.69, 9.17) is 6.42 Å². The standard InChI is InChI=1S/C8H4FI/c1-2-6-3-4-7(10)5-8(6)9/h1,3-5H. The Morgan fingerprint density at radius 2 is 2.20 bits per heavy atom. The van der Waals surface area contributed by atoms with Gasteiger partial charge >= 0.3 is 0 Å². The molecule has 0 fully saturated rings. The van der Waals surface area contributed by atoms with Crippen LogP contribution in [0.1, 0.15) is 5.56 Å². The molecule has 0 aliphatic heterocycles. The molecule has 0 saturated heterocycles. The molecule has 1 aromatic carbocycles. The van der Waals surface area contributed by atoms with Gasteiger partial charge in [-0.25, -0.2) is 4.39 Å². The molecule has 0 radical (unpaired) electrons. The first-order valence-corrected chi connectivity index (χ1v) is 3.73. The molecule has 0 unspecified atom stereocenters.